The number of carbonyl (C=O) groups excluding carboxylic acids is 2. The Kier molecular flexibility index (Phi) is 3.27. The molecule has 4 heteroatoms. The van der Waals surface area contributed by atoms with E-state index >= 15 is 0 Å². The first kappa shape index (κ1) is 11.2. The van der Waals surface area contributed by atoms with Crippen molar-refractivity contribution < 1.29 is 19.1 Å². The van der Waals surface area contributed by atoms with Crippen LogP contribution < -0.4 is 0 Å². The minimum Gasteiger partial charge on any atom is -0.468 e. The summed E-state index contributed by atoms with van der Waals surface area (Å²) >= 11 is 0. The predicted molar refractivity (Wildman–Crippen MR) is 56.5 cm³/mol. The largest absolute Gasteiger partial charge is 0.468 e. The summed E-state index contributed by atoms with van der Waals surface area (Å²) in [6, 6.07) is 0. The number of methoxy groups -OCH3 is 1. The summed E-state index contributed by atoms with van der Waals surface area (Å²) in [5.41, 5.74) is 0. The molecule has 1 saturated heterocycles. The molecule has 0 unspecified atom stereocenters. The number of allylic oxidation sites excluding steroid dienone is 2. The van der Waals surface area contributed by atoms with Crippen LogP contribution in [0.15, 0.2) is 12.2 Å². The number of ether oxygens (including phenoxy) is 2. The summed E-state index contributed by atoms with van der Waals surface area (Å²) in [5, 5.41) is 0. The molecular weight excluding hydrogens is 208 g/mol. The summed E-state index contributed by atoms with van der Waals surface area (Å²) in [6.45, 7) is 0. The lowest BCUT2D eigenvalue weighted by atomic mass is 9.83. The van der Waals surface area contributed by atoms with Crippen LogP contribution in [0.5, 0.6) is 0 Å². The number of carbonyl (C=O) groups is 2. The monoisotopic (exact) mass is 224 g/mol. The number of hydrogen-bond donors (Lipinski definition) is 0. The second kappa shape index (κ2) is 4.68. The molecule has 1 aliphatic heterocycles. The molecule has 0 amide bonds. The summed E-state index contributed by atoms with van der Waals surface area (Å²) in [6.07, 6.45) is 7.52. The van der Waals surface area contributed by atoms with Crippen molar-refractivity contribution in [2.45, 2.75) is 31.8 Å². The van der Waals surface area contributed by atoms with Crippen LogP contribution in [-0.2, 0) is 19.1 Å². The summed E-state index contributed by atoms with van der Waals surface area (Å²) in [4.78, 5) is 23.2. The maximum Gasteiger partial charge on any atom is 0.321 e. The highest BCUT2D eigenvalue weighted by Crippen LogP contribution is 2.36. The van der Waals surface area contributed by atoms with Gasteiger partial charge in [0.15, 0.2) is 5.92 Å². The highest BCUT2D eigenvalue weighted by molar-refractivity contribution is 5.96. The van der Waals surface area contributed by atoms with Gasteiger partial charge in [0.1, 0.15) is 6.10 Å². The number of esters is 2. The van der Waals surface area contributed by atoms with Gasteiger partial charge in [0, 0.05) is 5.92 Å². The molecule has 1 heterocycles. The molecular formula is C12H16O4. The Balaban J connectivity index is 2.16. The fourth-order valence-electron chi connectivity index (χ4n) is 2.51. The summed E-state index contributed by atoms with van der Waals surface area (Å²) in [5.74, 6) is -1.59. The van der Waals surface area contributed by atoms with Crippen molar-refractivity contribution >= 4 is 11.9 Å². The second-order valence-electron chi connectivity index (χ2n) is 4.27. The van der Waals surface area contributed by atoms with Crippen LogP contribution in [0.4, 0.5) is 0 Å². The van der Waals surface area contributed by atoms with E-state index < -0.39 is 17.9 Å². The molecule has 4 nitrogen and oxygen atoms in total. The van der Waals surface area contributed by atoms with Gasteiger partial charge in [-0.3, -0.25) is 9.59 Å². The van der Waals surface area contributed by atoms with Crippen LogP contribution in [0.2, 0.25) is 0 Å². The Morgan fingerprint density at radius 1 is 1.38 bits per heavy atom. The number of fused-ring (bicyclic) bond motifs is 1. The van der Waals surface area contributed by atoms with E-state index in [1.165, 1.54) is 7.11 Å². The molecule has 0 saturated carbocycles. The van der Waals surface area contributed by atoms with Gasteiger partial charge < -0.3 is 9.47 Å². The van der Waals surface area contributed by atoms with Gasteiger partial charge in [-0.1, -0.05) is 12.2 Å². The maximum absolute atomic E-state index is 11.6. The fourth-order valence-corrected chi connectivity index (χ4v) is 2.51. The molecule has 0 N–H and O–H groups in total. The van der Waals surface area contributed by atoms with Crippen molar-refractivity contribution in [3.8, 4) is 0 Å². The lowest BCUT2D eigenvalue weighted by Gasteiger charge is -2.20. The Morgan fingerprint density at radius 2 is 2.06 bits per heavy atom. The van der Waals surface area contributed by atoms with E-state index in [9.17, 15) is 9.59 Å². The van der Waals surface area contributed by atoms with E-state index in [2.05, 4.69) is 16.9 Å². The molecule has 1 fully saturated rings. The standard InChI is InChI=1S/C12H16O4/c1-15-11(13)10-8-6-4-2-3-5-7-9(8)16-12(10)14/h2-3,8-10H,4-7H2,1H3/b3-2-/t8-,9-,10-/m1/s1. The molecule has 0 radical (unpaired) electrons. The summed E-state index contributed by atoms with van der Waals surface area (Å²) < 4.78 is 9.93. The lowest BCUT2D eigenvalue weighted by Crippen LogP contribution is -2.29. The smallest absolute Gasteiger partial charge is 0.321 e. The third kappa shape index (κ3) is 1.96. The van der Waals surface area contributed by atoms with Gasteiger partial charge in [0.05, 0.1) is 7.11 Å². The van der Waals surface area contributed by atoms with Gasteiger partial charge in [0.2, 0.25) is 0 Å². The highest BCUT2D eigenvalue weighted by Gasteiger charge is 2.48. The SMILES string of the molecule is COC(=O)[C@@H]1C(=O)O[C@@H]2CC/C=C\CC[C@@H]12. The van der Waals surface area contributed by atoms with Crippen LogP contribution in [-0.4, -0.2) is 25.2 Å². The number of rotatable bonds is 1. The summed E-state index contributed by atoms with van der Waals surface area (Å²) in [7, 11) is 1.31. The minimum absolute atomic E-state index is 0.00935. The Labute approximate surface area is 94.6 Å². The second-order valence-corrected chi connectivity index (χ2v) is 4.27. The zero-order chi connectivity index (χ0) is 11.5. The molecule has 0 aromatic heterocycles. The van der Waals surface area contributed by atoms with Crippen LogP contribution in [0.3, 0.4) is 0 Å². The van der Waals surface area contributed by atoms with Gasteiger partial charge in [0.25, 0.3) is 0 Å². The first-order valence-electron chi connectivity index (χ1n) is 5.67. The topological polar surface area (TPSA) is 52.6 Å². The quantitative estimate of drug-likeness (QED) is 0.384. The molecule has 0 aromatic rings. The average molecular weight is 224 g/mol. The van der Waals surface area contributed by atoms with Crippen molar-refractivity contribution in [1.82, 2.24) is 0 Å². The molecule has 0 spiro atoms. The zero-order valence-corrected chi connectivity index (χ0v) is 9.35. The van der Waals surface area contributed by atoms with E-state index in [0.29, 0.717) is 0 Å². The molecule has 2 aliphatic rings. The third-order valence-corrected chi connectivity index (χ3v) is 3.33. The predicted octanol–water partition coefficient (Wildman–Crippen LogP) is 1.45. The molecule has 1 aliphatic carbocycles. The van der Waals surface area contributed by atoms with Crippen molar-refractivity contribution in [1.29, 1.82) is 0 Å². The van der Waals surface area contributed by atoms with Gasteiger partial charge >= 0.3 is 11.9 Å². The van der Waals surface area contributed by atoms with E-state index in [-0.39, 0.29) is 12.0 Å². The zero-order valence-electron chi connectivity index (χ0n) is 9.35. The molecule has 3 atom stereocenters. The first-order valence-corrected chi connectivity index (χ1v) is 5.67. The highest BCUT2D eigenvalue weighted by atomic mass is 16.6. The maximum atomic E-state index is 11.6. The molecule has 2 rings (SSSR count). The normalized spacial score (nSPS) is 35.6. The Hall–Kier alpha value is -1.32. The first-order chi connectivity index (χ1) is 7.74. The van der Waals surface area contributed by atoms with Gasteiger partial charge in [-0.15, -0.1) is 0 Å². The van der Waals surface area contributed by atoms with Crippen LogP contribution >= 0.6 is 0 Å². The Morgan fingerprint density at radius 3 is 2.75 bits per heavy atom. The average Bonchev–Trinajstić information content (AvgIpc) is 2.54. The third-order valence-electron chi connectivity index (χ3n) is 3.33. The molecule has 16 heavy (non-hydrogen) atoms. The van der Waals surface area contributed by atoms with Gasteiger partial charge in [-0.2, -0.15) is 0 Å². The van der Waals surface area contributed by atoms with Crippen LogP contribution in [0, 0.1) is 11.8 Å². The van der Waals surface area contributed by atoms with E-state index in [0.717, 1.165) is 25.7 Å². The minimum atomic E-state index is -0.707. The van der Waals surface area contributed by atoms with Gasteiger partial charge in [-0.05, 0) is 25.7 Å². The van der Waals surface area contributed by atoms with Crippen molar-refractivity contribution in [2.24, 2.45) is 11.8 Å². The van der Waals surface area contributed by atoms with E-state index in [1.54, 1.807) is 0 Å². The van der Waals surface area contributed by atoms with E-state index in [1.807, 2.05) is 0 Å². The van der Waals surface area contributed by atoms with Crippen LogP contribution in [0.25, 0.3) is 0 Å². The molecule has 0 bridgehead atoms. The molecule has 88 valence electrons. The lowest BCUT2D eigenvalue weighted by molar-refractivity contribution is -0.155. The Bertz CT molecular complexity index is 321. The van der Waals surface area contributed by atoms with Crippen molar-refractivity contribution in [3.63, 3.8) is 0 Å². The van der Waals surface area contributed by atoms with Crippen molar-refractivity contribution in [3.05, 3.63) is 12.2 Å². The van der Waals surface area contributed by atoms with Crippen LogP contribution in [0.1, 0.15) is 25.7 Å². The fraction of sp³-hybridized carbons (Fsp3) is 0.667. The van der Waals surface area contributed by atoms with E-state index in [4.69, 9.17) is 4.74 Å². The number of hydrogen-bond acceptors (Lipinski definition) is 4. The van der Waals surface area contributed by atoms with Gasteiger partial charge in [-0.25, -0.2) is 0 Å². The van der Waals surface area contributed by atoms with Crippen molar-refractivity contribution in [2.75, 3.05) is 7.11 Å². The molecule has 0 aromatic carbocycles.